The molecule has 0 fully saturated rings. The Hall–Kier alpha value is -0.321. The van der Waals surface area contributed by atoms with Crippen molar-refractivity contribution in [1.29, 1.82) is 0 Å². The van der Waals surface area contributed by atoms with Crippen molar-refractivity contribution in [3.05, 3.63) is 32.3 Å². The van der Waals surface area contributed by atoms with Crippen molar-refractivity contribution in [2.24, 2.45) is 0 Å². The molecule has 1 aromatic heterocycles. The molecule has 4 heteroatoms. The maximum absolute atomic E-state index is 11.1. The van der Waals surface area contributed by atoms with Crippen molar-refractivity contribution < 1.29 is 9.53 Å². The van der Waals surface area contributed by atoms with Gasteiger partial charge >= 0.3 is 121 Å². The number of aryl methyl sites for hydroxylation is 1. The van der Waals surface area contributed by atoms with Crippen LogP contribution in [0.5, 0.6) is 0 Å². The van der Waals surface area contributed by atoms with E-state index in [0.29, 0.717) is 20.9 Å². The molecular formula is C13H13IO2Se. The number of ether oxygens (including phenoxy) is 1. The van der Waals surface area contributed by atoms with Gasteiger partial charge in [-0.15, -0.1) is 0 Å². The number of hydrogen-bond acceptors (Lipinski definition) is 2. The van der Waals surface area contributed by atoms with E-state index in [1.54, 1.807) is 0 Å². The Labute approximate surface area is 120 Å². The summed E-state index contributed by atoms with van der Waals surface area (Å²) in [6.45, 7) is 0. The monoisotopic (exact) mass is 408 g/mol. The van der Waals surface area contributed by atoms with E-state index in [4.69, 9.17) is 0 Å². The van der Waals surface area contributed by atoms with Gasteiger partial charge in [-0.2, -0.15) is 0 Å². The van der Waals surface area contributed by atoms with Crippen molar-refractivity contribution in [1.82, 2.24) is 0 Å². The van der Waals surface area contributed by atoms with Crippen LogP contribution in [0.4, 0.5) is 0 Å². The quantitative estimate of drug-likeness (QED) is 0.443. The third-order valence-electron chi connectivity index (χ3n) is 2.61. The molecule has 0 aliphatic heterocycles. The second-order valence-electron chi connectivity index (χ2n) is 3.77. The van der Waals surface area contributed by atoms with Crippen molar-refractivity contribution in [2.45, 2.75) is 19.3 Å². The summed E-state index contributed by atoms with van der Waals surface area (Å²) in [6, 6.07) is 8.58. The molecule has 0 atom stereocenters. The zero-order chi connectivity index (χ0) is 12.3. The third-order valence-corrected chi connectivity index (χ3v) is 7.25. The van der Waals surface area contributed by atoms with Gasteiger partial charge in [0.2, 0.25) is 0 Å². The first-order chi connectivity index (χ1) is 8.22. The number of rotatable bonds is 4. The predicted molar refractivity (Wildman–Crippen MR) is 78.6 cm³/mol. The fraction of sp³-hybridized carbons (Fsp3) is 0.308. The van der Waals surface area contributed by atoms with Gasteiger partial charge in [0.25, 0.3) is 0 Å². The molecule has 0 radical (unpaired) electrons. The number of carbonyl (C=O) groups excluding carboxylic acids is 1. The number of halogens is 1. The van der Waals surface area contributed by atoms with Crippen LogP contribution in [-0.4, -0.2) is 27.6 Å². The van der Waals surface area contributed by atoms with Crippen LogP contribution >= 0.6 is 22.6 Å². The summed E-state index contributed by atoms with van der Waals surface area (Å²) in [5.74, 6) is -0.108. The van der Waals surface area contributed by atoms with Crippen molar-refractivity contribution in [2.75, 3.05) is 7.11 Å². The van der Waals surface area contributed by atoms with Crippen LogP contribution in [0.2, 0.25) is 0 Å². The molecule has 1 heterocycles. The van der Waals surface area contributed by atoms with E-state index in [-0.39, 0.29) is 5.97 Å². The summed E-state index contributed by atoms with van der Waals surface area (Å²) in [4.78, 5) is 11.1. The van der Waals surface area contributed by atoms with Gasteiger partial charge in [0.1, 0.15) is 0 Å². The first-order valence-corrected chi connectivity index (χ1v) is 8.24. The molecule has 0 amide bonds. The zero-order valence-electron chi connectivity index (χ0n) is 9.53. The molecule has 0 aliphatic carbocycles. The standard InChI is InChI=1S/C13H13IO2Se/c1-16-12(15)8-4-7-11-13(14)9-5-2-3-6-10(9)17-11/h2-3,5-6H,4,7-8H2,1H3. The Morgan fingerprint density at radius 2 is 2.18 bits per heavy atom. The molecule has 0 unspecified atom stereocenters. The number of benzene rings is 1. The Kier molecular flexibility index (Phi) is 4.65. The minimum absolute atomic E-state index is 0.108. The molecular weight excluding hydrogens is 394 g/mol. The number of fused-ring (bicyclic) bond motifs is 1. The molecule has 0 aliphatic rings. The van der Waals surface area contributed by atoms with Gasteiger partial charge in [-0.25, -0.2) is 0 Å². The molecule has 17 heavy (non-hydrogen) atoms. The zero-order valence-corrected chi connectivity index (χ0v) is 13.4. The molecule has 0 saturated carbocycles. The first kappa shape index (κ1) is 13.1. The second-order valence-corrected chi connectivity index (χ2v) is 7.23. The molecule has 0 bridgehead atoms. The van der Waals surface area contributed by atoms with Gasteiger partial charge in [0.15, 0.2) is 0 Å². The fourth-order valence-corrected chi connectivity index (χ4v) is 5.83. The van der Waals surface area contributed by atoms with Crippen LogP contribution in [-0.2, 0) is 16.0 Å². The van der Waals surface area contributed by atoms with Gasteiger partial charge in [-0.3, -0.25) is 0 Å². The third kappa shape index (κ3) is 3.12. The number of esters is 1. The summed E-state index contributed by atoms with van der Waals surface area (Å²) in [7, 11) is 1.45. The second kappa shape index (κ2) is 6.03. The fourth-order valence-electron chi connectivity index (χ4n) is 1.72. The molecule has 1 aromatic carbocycles. The van der Waals surface area contributed by atoms with E-state index in [0.717, 1.165) is 12.8 Å². The molecule has 0 saturated heterocycles. The molecule has 2 rings (SSSR count). The summed E-state index contributed by atoms with van der Waals surface area (Å²) in [5, 5.41) is 1.39. The van der Waals surface area contributed by atoms with Crippen LogP contribution in [0.15, 0.2) is 24.3 Å². The van der Waals surface area contributed by atoms with E-state index in [9.17, 15) is 4.79 Å². The SMILES string of the molecule is COC(=O)CCCc1[se]c2ccccc2c1I. The van der Waals surface area contributed by atoms with E-state index in [2.05, 4.69) is 51.6 Å². The van der Waals surface area contributed by atoms with Crippen LogP contribution in [0.3, 0.4) is 0 Å². The first-order valence-electron chi connectivity index (χ1n) is 5.45. The van der Waals surface area contributed by atoms with E-state index in [1.807, 2.05) is 0 Å². The molecule has 2 aromatic rings. The van der Waals surface area contributed by atoms with Gasteiger partial charge in [0, 0.05) is 0 Å². The summed E-state index contributed by atoms with van der Waals surface area (Å²) in [5.41, 5.74) is 0. The average molecular weight is 407 g/mol. The van der Waals surface area contributed by atoms with Gasteiger partial charge in [0.05, 0.1) is 0 Å². The van der Waals surface area contributed by atoms with E-state index < -0.39 is 0 Å². The summed E-state index contributed by atoms with van der Waals surface area (Å²) in [6.07, 6.45) is 2.43. The molecule has 90 valence electrons. The normalized spacial score (nSPS) is 10.7. The van der Waals surface area contributed by atoms with E-state index >= 15 is 0 Å². The maximum atomic E-state index is 11.1. The van der Waals surface area contributed by atoms with Crippen LogP contribution < -0.4 is 0 Å². The van der Waals surface area contributed by atoms with Crippen LogP contribution in [0, 0.1) is 3.57 Å². The average Bonchev–Trinajstić information content (AvgIpc) is 2.67. The number of carbonyl (C=O) groups is 1. The Bertz CT molecular complexity index is 533. The van der Waals surface area contributed by atoms with Crippen LogP contribution in [0.1, 0.15) is 17.3 Å². The Balaban J connectivity index is 2.09. The van der Waals surface area contributed by atoms with Crippen LogP contribution in [0.25, 0.3) is 9.65 Å². The molecule has 2 nitrogen and oxygen atoms in total. The molecule has 0 N–H and O–H groups in total. The minimum atomic E-state index is -0.108. The number of methoxy groups -OCH3 is 1. The Morgan fingerprint density at radius 3 is 2.88 bits per heavy atom. The van der Waals surface area contributed by atoms with Crippen molar-refractivity contribution in [3.8, 4) is 0 Å². The number of hydrogen-bond donors (Lipinski definition) is 0. The Morgan fingerprint density at radius 1 is 1.41 bits per heavy atom. The predicted octanol–water partition coefficient (Wildman–Crippen LogP) is 3.00. The topological polar surface area (TPSA) is 26.3 Å². The summed E-state index contributed by atoms with van der Waals surface area (Å²) >= 11 is 2.88. The van der Waals surface area contributed by atoms with Gasteiger partial charge in [-0.1, -0.05) is 0 Å². The van der Waals surface area contributed by atoms with Crippen molar-refractivity contribution in [3.63, 3.8) is 0 Å². The summed E-state index contributed by atoms with van der Waals surface area (Å²) < 4.78 is 9.03. The van der Waals surface area contributed by atoms with E-state index in [1.165, 1.54) is 24.8 Å². The molecule has 0 spiro atoms. The van der Waals surface area contributed by atoms with Gasteiger partial charge < -0.3 is 0 Å². The van der Waals surface area contributed by atoms with Crippen molar-refractivity contribution >= 4 is 52.7 Å². The van der Waals surface area contributed by atoms with Gasteiger partial charge in [-0.05, 0) is 0 Å².